The Balaban J connectivity index is 1.50. The molecule has 1 aromatic heterocycles. The molecule has 2 aliphatic heterocycles. The first-order chi connectivity index (χ1) is 23.7. The van der Waals surface area contributed by atoms with Crippen LogP contribution in [0, 0.1) is 0 Å². The molecule has 0 saturated carbocycles. The monoisotopic (exact) mass is 733 g/mol. The lowest BCUT2D eigenvalue weighted by molar-refractivity contribution is -0.138. The Morgan fingerprint density at radius 2 is 1.63 bits per heavy atom. The summed E-state index contributed by atoms with van der Waals surface area (Å²) >= 11 is 4.72. The number of thiazole rings is 1. The quantitative estimate of drug-likeness (QED) is 0.172. The van der Waals surface area contributed by atoms with Crippen LogP contribution in [0.4, 0.5) is 5.69 Å². The number of carbonyl (C=O) groups is 2. The van der Waals surface area contributed by atoms with Crippen molar-refractivity contribution in [3.05, 3.63) is 155 Å². The van der Waals surface area contributed by atoms with Gasteiger partial charge >= 0.3 is 5.97 Å². The van der Waals surface area contributed by atoms with Crippen LogP contribution in [0.1, 0.15) is 49.1 Å². The third-order valence-corrected chi connectivity index (χ3v) is 9.85. The number of anilines is 1. The number of fused-ring (bicyclic) bond motifs is 2. The number of carbonyl (C=O) groups excluding carboxylic acids is 2. The number of rotatable bonds is 8. The maximum absolute atomic E-state index is 14.8. The molecule has 1 atom stereocenters. The number of benzene rings is 4. The average Bonchev–Trinajstić information content (AvgIpc) is 3.56. The number of nitrogens with zero attached hydrogens (tertiary/aromatic N) is 3. The van der Waals surface area contributed by atoms with Crippen LogP contribution in [0.25, 0.3) is 11.3 Å². The van der Waals surface area contributed by atoms with Crippen molar-refractivity contribution in [2.75, 3.05) is 11.5 Å². The number of hydrogen-bond acceptors (Lipinski definition) is 7. The Bertz CT molecular complexity index is 2290. The maximum atomic E-state index is 14.8. The molecule has 0 spiro atoms. The molecule has 0 saturated heterocycles. The lowest BCUT2D eigenvalue weighted by Crippen LogP contribution is -2.41. The number of aromatic nitrogens is 1. The van der Waals surface area contributed by atoms with E-state index in [1.807, 2.05) is 117 Å². The summed E-state index contributed by atoms with van der Waals surface area (Å²) in [5.41, 5.74) is 4.25. The highest BCUT2D eigenvalue weighted by Crippen LogP contribution is 2.39. The van der Waals surface area contributed by atoms with E-state index in [-0.39, 0.29) is 28.7 Å². The SMILES string of the molecule is CCOC(=O)C1=C(c2ccccc2)N=c2s/c(=C3/C(=O)N(Cc4ccccc4)c4ccc(Br)cc43)c(=O)n2[C@@H]1c1ccc(OC(C)C)cc1. The number of halogens is 1. The molecule has 0 unspecified atom stereocenters. The summed E-state index contributed by atoms with van der Waals surface area (Å²) in [4.78, 5) is 50.1. The van der Waals surface area contributed by atoms with Gasteiger partial charge < -0.3 is 14.4 Å². The van der Waals surface area contributed by atoms with Gasteiger partial charge in [0, 0.05) is 15.6 Å². The summed E-state index contributed by atoms with van der Waals surface area (Å²) in [5.74, 6) is -0.187. The predicted octanol–water partition coefficient (Wildman–Crippen LogP) is 6.40. The molecule has 49 heavy (non-hydrogen) atoms. The van der Waals surface area contributed by atoms with Gasteiger partial charge in [0.05, 0.1) is 47.8 Å². The largest absolute Gasteiger partial charge is 0.491 e. The second-order valence-corrected chi connectivity index (χ2v) is 13.8. The van der Waals surface area contributed by atoms with Crippen molar-refractivity contribution in [2.45, 2.75) is 39.5 Å². The Kier molecular flexibility index (Phi) is 8.92. The van der Waals surface area contributed by atoms with Crippen molar-refractivity contribution in [1.82, 2.24) is 4.57 Å². The third-order valence-electron chi connectivity index (χ3n) is 8.31. The van der Waals surface area contributed by atoms with Gasteiger partial charge in [0.2, 0.25) is 0 Å². The highest BCUT2D eigenvalue weighted by molar-refractivity contribution is 9.10. The Morgan fingerprint density at radius 3 is 2.31 bits per heavy atom. The molecule has 10 heteroatoms. The van der Waals surface area contributed by atoms with Gasteiger partial charge in [-0.2, -0.15) is 0 Å². The van der Waals surface area contributed by atoms with Crippen LogP contribution in [-0.2, 0) is 20.9 Å². The molecule has 2 aliphatic rings. The molecule has 0 aliphatic carbocycles. The first-order valence-corrected chi connectivity index (χ1v) is 17.6. The molecule has 4 aromatic carbocycles. The minimum absolute atomic E-state index is 0.0296. The normalized spacial score (nSPS) is 16.4. The predicted molar refractivity (Wildman–Crippen MR) is 194 cm³/mol. The first-order valence-electron chi connectivity index (χ1n) is 16.0. The van der Waals surface area contributed by atoms with E-state index < -0.39 is 17.6 Å². The van der Waals surface area contributed by atoms with Crippen molar-refractivity contribution in [3.8, 4) is 5.75 Å². The van der Waals surface area contributed by atoms with Gasteiger partial charge in [-0.1, -0.05) is 100 Å². The van der Waals surface area contributed by atoms with Crippen LogP contribution in [0.3, 0.4) is 0 Å². The minimum Gasteiger partial charge on any atom is -0.491 e. The molecule has 0 fully saturated rings. The van der Waals surface area contributed by atoms with E-state index in [0.717, 1.165) is 21.4 Å². The number of amides is 1. The Morgan fingerprint density at radius 1 is 0.939 bits per heavy atom. The third kappa shape index (κ3) is 6.06. The topological polar surface area (TPSA) is 90.2 Å². The van der Waals surface area contributed by atoms with Crippen LogP contribution in [0.5, 0.6) is 5.75 Å². The van der Waals surface area contributed by atoms with Crippen molar-refractivity contribution in [3.63, 3.8) is 0 Å². The standard InChI is InChI=1S/C39H32BrN3O5S/c1-4-47-38(46)32-33(25-13-9-6-10-14-25)41-39-43(34(32)26-15-18-28(19-16-26)48-23(2)3)37(45)35(49-39)31-29-21-27(40)17-20-30(29)42(36(31)44)22-24-11-7-5-8-12-24/h5-21,23,34H,4,22H2,1-3H3/b35-31+/t34-/m1/s1. The fraction of sp³-hybridized carbons (Fsp3) is 0.179. The molecular formula is C39H32BrN3O5S. The van der Waals surface area contributed by atoms with Crippen LogP contribution < -0.4 is 24.5 Å². The first kappa shape index (κ1) is 32.5. The molecule has 246 valence electrons. The Labute approximate surface area is 295 Å². The summed E-state index contributed by atoms with van der Waals surface area (Å²) in [5, 5.41) is 0. The lowest BCUT2D eigenvalue weighted by atomic mass is 9.93. The zero-order chi connectivity index (χ0) is 34.2. The van der Waals surface area contributed by atoms with E-state index in [1.54, 1.807) is 11.8 Å². The molecule has 0 N–H and O–H groups in total. The lowest BCUT2D eigenvalue weighted by Gasteiger charge is -2.26. The molecular weight excluding hydrogens is 702 g/mol. The van der Waals surface area contributed by atoms with Crippen molar-refractivity contribution < 1.29 is 19.1 Å². The van der Waals surface area contributed by atoms with Gasteiger partial charge in [-0.3, -0.25) is 14.2 Å². The van der Waals surface area contributed by atoms with Crippen LogP contribution in [0.2, 0.25) is 0 Å². The number of esters is 1. The fourth-order valence-corrected chi connectivity index (χ4v) is 7.71. The molecule has 8 nitrogen and oxygen atoms in total. The van der Waals surface area contributed by atoms with Crippen molar-refractivity contribution >= 4 is 56.1 Å². The van der Waals surface area contributed by atoms with E-state index in [9.17, 15) is 14.4 Å². The van der Waals surface area contributed by atoms with E-state index >= 15 is 0 Å². The summed E-state index contributed by atoms with van der Waals surface area (Å²) in [7, 11) is 0. The second-order valence-electron chi connectivity index (χ2n) is 11.9. The van der Waals surface area contributed by atoms with Gasteiger partial charge in [-0.25, -0.2) is 9.79 Å². The molecule has 3 heterocycles. The molecule has 5 aromatic rings. The average molecular weight is 735 g/mol. The molecule has 1 amide bonds. The number of hydrogen-bond donors (Lipinski definition) is 0. The molecule has 0 bridgehead atoms. The van der Waals surface area contributed by atoms with E-state index in [0.29, 0.717) is 50.7 Å². The van der Waals surface area contributed by atoms with Crippen LogP contribution in [0.15, 0.2) is 123 Å². The van der Waals surface area contributed by atoms with E-state index in [2.05, 4.69) is 15.9 Å². The highest BCUT2D eigenvalue weighted by Gasteiger charge is 2.38. The van der Waals surface area contributed by atoms with E-state index in [1.165, 1.54) is 4.57 Å². The van der Waals surface area contributed by atoms with Gasteiger partial charge in [0.15, 0.2) is 4.80 Å². The summed E-state index contributed by atoms with van der Waals surface area (Å²) < 4.78 is 14.1. The summed E-state index contributed by atoms with van der Waals surface area (Å²) in [6.07, 6.45) is -0.0296. The smallest absolute Gasteiger partial charge is 0.338 e. The van der Waals surface area contributed by atoms with Crippen LogP contribution in [-0.4, -0.2) is 29.2 Å². The van der Waals surface area contributed by atoms with Gasteiger partial charge in [-0.15, -0.1) is 0 Å². The molecule has 7 rings (SSSR count). The summed E-state index contributed by atoms with van der Waals surface area (Å²) in [6.45, 7) is 6.12. The fourth-order valence-electron chi connectivity index (χ4n) is 6.25. The zero-order valence-corrected chi connectivity index (χ0v) is 29.5. The molecule has 0 radical (unpaired) electrons. The van der Waals surface area contributed by atoms with Gasteiger partial charge in [-0.05, 0) is 62.2 Å². The van der Waals surface area contributed by atoms with Crippen molar-refractivity contribution in [1.29, 1.82) is 0 Å². The van der Waals surface area contributed by atoms with Crippen molar-refractivity contribution in [2.24, 2.45) is 4.99 Å². The zero-order valence-electron chi connectivity index (χ0n) is 27.1. The minimum atomic E-state index is -0.883. The number of ether oxygens (including phenoxy) is 2. The highest BCUT2D eigenvalue weighted by atomic mass is 79.9. The van der Waals surface area contributed by atoms with E-state index in [4.69, 9.17) is 14.5 Å². The van der Waals surface area contributed by atoms with Gasteiger partial charge in [0.1, 0.15) is 10.3 Å². The second kappa shape index (κ2) is 13.4. The Hall–Kier alpha value is -5.06. The van der Waals surface area contributed by atoms with Crippen LogP contribution >= 0.6 is 27.3 Å². The summed E-state index contributed by atoms with van der Waals surface area (Å²) in [6, 6.07) is 31.3. The van der Waals surface area contributed by atoms with Gasteiger partial charge in [0.25, 0.3) is 11.5 Å². The maximum Gasteiger partial charge on any atom is 0.338 e.